The van der Waals surface area contributed by atoms with Crippen molar-refractivity contribution in [2.75, 3.05) is 6.54 Å². The Labute approximate surface area is 122 Å². The number of hydrogen-bond donors (Lipinski definition) is 1. The molecule has 0 aromatic carbocycles. The Morgan fingerprint density at radius 1 is 1.25 bits per heavy atom. The van der Waals surface area contributed by atoms with Crippen LogP contribution in [0.3, 0.4) is 0 Å². The summed E-state index contributed by atoms with van der Waals surface area (Å²) in [6, 6.07) is 0. The van der Waals surface area contributed by atoms with E-state index in [1.54, 1.807) is 0 Å². The van der Waals surface area contributed by atoms with Gasteiger partial charge in [0.25, 0.3) is 0 Å². The Morgan fingerprint density at radius 2 is 1.95 bits per heavy atom. The Hall–Kier alpha value is -0.900. The molecule has 1 heterocycles. The van der Waals surface area contributed by atoms with Crippen molar-refractivity contribution < 1.29 is 4.52 Å². The summed E-state index contributed by atoms with van der Waals surface area (Å²) in [5.41, 5.74) is 6.02. The smallest absolute Gasteiger partial charge is 0.226 e. The quantitative estimate of drug-likeness (QED) is 0.863. The first kappa shape index (κ1) is 15.5. The molecule has 0 radical (unpaired) electrons. The van der Waals surface area contributed by atoms with Gasteiger partial charge in [0.2, 0.25) is 5.89 Å². The third-order valence-electron chi connectivity index (χ3n) is 4.65. The maximum atomic E-state index is 5.73. The van der Waals surface area contributed by atoms with Crippen LogP contribution in [0.1, 0.15) is 76.9 Å². The molecule has 1 aromatic rings. The van der Waals surface area contributed by atoms with Gasteiger partial charge in [0.05, 0.1) is 0 Å². The Balaban J connectivity index is 1.89. The van der Waals surface area contributed by atoms with Crippen molar-refractivity contribution in [3.05, 3.63) is 11.7 Å². The van der Waals surface area contributed by atoms with Gasteiger partial charge >= 0.3 is 0 Å². The third-order valence-corrected chi connectivity index (χ3v) is 4.65. The van der Waals surface area contributed by atoms with Crippen LogP contribution in [-0.4, -0.2) is 16.7 Å². The van der Waals surface area contributed by atoms with Gasteiger partial charge in [-0.1, -0.05) is 38.8 Å². The van der Waals surface area contributed by atoms with E-state index in [0.29, 0.717) is 11.8 Å². The van der Waals surface area contributed by atoms with E-state index in [1.807, 2.05) is 0 Å². The molecule has 0 amide bonds. The summed E-state index contributed by atoms with van der Waals surface area (Å²) < 4.78 is 5.43. The summed E-state index contributed by atoms with van der Waals surface area (Å²) in [7, 11) is 0. The summed E-state index contributed by atoms with van der Waals surface area (Å²) in [6.45, 7) is 7.60. The molecule has 1 fully saturated rings. The first-order valence-corrected chi connectivity index (χ1v) is 8.03. The SMILES string of the molecule is CC(C)(C)C(CCN)CCc1nc(C2CCCC2)no1. The molecule has 1 aliphatic rings. The monoisotopic (exact) mass is 279 g/mol. The van der Waals surface area contributed by atoms with Gasteiger partial charge in [0, 0.05) is 12.3 Å². The lowest BCUT2D eigenvalue weighted by atomic mass is 9.76. The summed E-state index contributed by atoms with van der Waals surface area (Å²) in [5.74, 6) is 2.88. The molecule has 0 bridgehead atoms. The number of aryl methyl sites for hydroxylation is 1. The van der Waals surface area contributed by atoms with Gasteiger partial charge in [-0.15, -0.1) is 0 Å². The van der Waals surface area contributed by atoms with E-state index in [4.69, 9.17) is 10.3 Å². The lowest BCUT2D eigenvalue weighted by molar-refractivity contribution is 0.208. The molecule has 0 saturated heterocycles. The normalized spacial score (nSPS) is 18.6. The van der Waals surface area contributed by atoms with E-state index in [0.717, 1.165) is 37.5 Å². The minimum Gasteiger partial charge on any atom is -0.339 e. The zero-order chi connectivity index (χ0) is 14.6. The Kier molecular flexibility index (Phi) is 5.19. The molecule has 0 aliphatic heterocycles. The van der Waals surface area contributed by atoms with E-state index < -0.39 is 0 Å². The van der Waals surface area contributed by atoms with Crippen LogP contribution in [0.15, 0.2) is 4.52 Å². The molecule has 114 valence electrons. The lowest BCUT2D eigenvalue weighted by Gasteiger charge is -2.30. The summed E-state index contributed by atoms with van der Waals surface area (Å²) in [4.78, 5) is 4.60. The van der Waals surface area contributed by atoms with Crippen molar-refractivity contribution in [2.45, 2.75) is 71.6 Å². The molecule has 20 heavy (non-hydrogen) atoms. The lowest BCUT2D eigenvalue weighted by Crippen LogP contribution is -2.24. The Morgan fingerprint density at radius 3 is 2.55 bits per heavy atom. The van der Waals surface area contributed by atoms with Gasteiger partial charge in [-0.25, -0.2) is 0 Å². The van der Waals surface area contributed by atoms with Crippen LogP contribution in [0.4, 0.5) is 0 Å². The van der Waals surface area contributed by atoms with Gasteiger partial charge in [0.1, 0.15) is 0 Å². The summed E-state index contributed by atoms with van der Waals surface area (Å²) >= 11 is 0. The highest BCUT2D eigenvalue weighted by molar-refractivity contribution is 4.98. The molecule has 0 spiro atoms. The minimum absolute atomic E-state index is 0.285. The molecular weight excluding hydrogens is 250 g/mol. The van der Waals surface area contributed by atoms with Crippen LogP contribution in [0.25, 0.3) is 0 Å². The van der Waals surface area contributed by atoms with Crippen LogP contribution in [0.5, 0.6) is 0 Å². The summed E-state index contributed by atoms with van der Waals surface area (Å²) in [6.07, 6.45) is 8.06. The number of aromatic nitrogens is 2. The van der Waals surface area contributed by atoms with Crippen LogP contribution < -0.4 is 5.73 Å². The van der Waals surface area contributed by atoms with E-state index >= 15 is 0 Å². The van der Waals surface area contributed by atoms with E-state index in [9.17, 15) is 0 Å². The van der Waals surface area contributed by atoms with Crippen molar-refractivity contribution in [2.24, 2.45) is 17.1 Å². The van der Waals surface area contributed by atoms with Gasteiger partial charge in [-0.2, -0.15) is 4.98 Å². The topological polar surface area (TPSA) is 64.9 Å². The zero-order valence-corrected chi connectivity index (χ0v) is 13.2. The first-order chi connectivity index (χ1) is 9.50. The van der Waals surface area contributed by atoms with Crippen LogP contribution in [0.2, 0.25) is 0 Å². The minimum atomic E-state index is 0.285. The fourth-order valence-electron chi connectivity index (χ4n) is 3.23. The molecule has 1 saturated carbocycles. The molecule has 4 heteroatoms. The molecular formula is C16H29N3O. The van der Waals surface area contributed by atoms with Gasteiger partial charge < -0.3 is 10.3 Å². The first-order valence-electron chi connectivity index (χ1n) is 8.03. The van der Waals surface area contributed by atoms with Crippen LogP contribution >= 0.6 is 0 Å². The fraction of sp³-hybridized carbons (Fsp3) is 0.875. The van der Waals surface area contributed by atoms with Crippen molar-refractivity contribution >= 4 is 0 Å². The van der Waals surface area contributed by atoms with Crippen molar-refractivity contribution in [3.8, 4) is 0 Å². The number of nitrogens with zero attached hydrogens (tertiary/aromatic N) is 2. The molecule has 1 aromatic heterocycles. The zero-order valence-electron chi connectivity index (χ0n) is 13.2. The maximum Gasteiger partial charge on any atom is 0.226 e. The Bertz CT molecular complexity index is 402. The second-order valence-corrected chi connectivity index (χ2v) is 7.21. The molecule has 1 unspecified atom stereocenters. The third kappa shape index (κ3) is 4.05. The van der Waals surface area contributed by atoms with Crippen LogP contribution in [0, 0.1) is 11.3 Å². The largest absolute Gasteiger partial charge is 0.339 e. The van der Waals surface area contributed by atoms with Gasteiger partial charge in [0.15, 0.2) is 5.82 Å². The van der Waals surface area contributed by atoms with E-state index in [-0.39, 0.29) is 5.41 Å². The van der Waals surface area contributed by atoms with Gasteiger partial charge in [-0.05, 0) is 43.6 Å². The molecule has 2 rings (SSSR count). The van der Waals surface area contributed by atoms with E-state index in [1.165, 1.54) is 25.7 Å². The maximum absolute atomic E-state index is 5.73. The summed E-state index contributed by atoms with van der Waals surface area (Å²) in [5, 5.41) is 4.17. The number of hydrogen-bond acceptors (Lipinski definition) is 4. The highest BCUT2D eigenvalue weighted by atomic mass is 16.5. The average molecular weight is 279 g/mol. The van der Waals surface area contributed by atoms with Crippen LogP contribution in [-0.2, 0) is 6.42 Å². The molecule has 1 aliphatic carbocycles. The van der Waals surface area contributed by atoms with Crippen molar-refractivity contribution in [3.63, 3.8) is 0 Å². The highest BCUT2D eigenvalue weighted by Gasteiger charge is 2.25. The highest BCUT2D eigenvalue weighted by Crippen LogP contribution is 2.34. The van der Waals surface area contributed by atoms with Gasteiger partial charge in [-0.3, -0.25) is 0 Å². The predicted octanol–water partition coefficient (Wildman–Crippen LogP) is 3.67. The second kappa shape index (κ2) is 6.70. The standard InChI is InChI=1S/C16H29N3O/c1-16(2,3)13(10-11-17)8-9-14-18-15(19-20-14)12-6-4-5-7-12/h12-13H,4-11,17H2,1-3H3. The van der Waals surface area contributed by atoms with E-state index in [2.05, 4.69) is 30.9 Å². The fourth-order valence-corrected chi connectivity index (χ4v) is 3.23. The van der Waals surface area contributed by atoms with Crippen molar-refractivity contribution in [1.29, 1.82) is 0 Å². The van der Waals surface area contributed by atoms with Crippen molar-refractivity contribution in [1.82, 2.24) is 10.1 Å². The molecule has 4 nitrogen and oxygen atoms in total. The number of nitrogens with two attached hydrogens (primary N) is 1. The molecule has 2 N–H and O–H groups in total. The predicted molar refractivity (Wildman–Crippen MR) is 80.4 cm³/mol. The number of rotatable bonds is 6. The second-order valence-electron chi connectivity index (χ2n) is 7.21. The molecule has 1 atom stereocenters. The average Bonchev–Trinajstić information content (AvgIpc) is 3.03.